The number of carboxylic acids is 1. The summed E-state index contributed by atoms with van der Waals surface area (Å²) in [5.41, 5.74) is 1.51. The molecule has 18 heavy (non-hydrogen) atoms. The lowest BCUT2D eigenvalue weighted by Gasteiger charge is -2.33. The van der Waals surface area contributed by atoms with Crippen molar-refractivity contribution in [2.24, 2.45) is 5.92 Å². The van der Waals surface area contributed by atoms with Gasteiger partial charge in [-0.2, -0.15) is 0 Å². The van der Waals surface area contributed by atoms with Gasteiger partial charge in [-0.05, 0) is 43.0 Å². The van der Waals surface area contributed by atoms with E-state index >= 15 is 0 Å². The quantitative estimate of drug-likeness (QED) is 0.886. The van der Waals surface area contributed by atoms with Gasteiger partial charge in [-0.15, -0.1) is 0 Å². The first kappa shape index (κ1) is 12.9. The largest absolute Gasteiger partial charge is 0.478 e. The van der Waals surface area contributed by atoms with E-state index in [1.165, 1.54) is 25.7 Å². The molecule has 0 amide bonds. The van der Waals surface area contributed by atoms with Crippen LogP contribution in [0.1, 0.15) is 43.0 Å². The van der Waals surface area contributed by atoms with Crippen LogP contribution in [-0.2, 0) is 0 Å². The Morgan fingerprint density at radius 1 is 1.28 bits per heavy atom. The first-order chi connectivity index (χ1) is 8.70. The van der Waals surface area contributed by atoms with Crippen molar-refractivity contribution in [1.29, 1.82) is 0 Å². The number of nitrogens with zero attached hydrogens (tertiary/aromatic N) is 1. The number of benzene rings is 1. The standard InChI is InChI=1S/C15H21NO2/c1-2-3-12-8-10-16(11-9-12)14-6-4-13(5-7-14)15(17)18/h4-7,12H,2-3,8-11H2,1H3,(H,17,18). The number of carbonyl (C=O) groups is 1. The molecule has 0 bridgehead atoms. The molecule has 3 heteroatoms. The zero-order chi connectivity index (χ0) is 13.0. The first-order valence-corrected chi connectivity index (χ1v) is 6.79. The van der Waals surface area contributed by atoms with Crippen LogP contribution in [0.5, 0.6) is 0 Å². The third-order valence-electron chi connectivity index (χ3n) is 3.79. The molecule has 0 aromatic heterocycles. The highest BCUT2D eigenvalue weighted by Gasteiger charge is 2.18. The minimum atomic E-state index is -0.858. The fourth-order valence-electron chi connectivity index (χ4n) is 2.70. The summed E-state index contributed by atoms with van der Waals surface area (Å²) in [4.78, 5) is 13.1. The van der Waals surface area contributed by atoms with Gasteiger partial charge in [-0.25, -0.2) is 4.79 Å². The molecular formula is C15H21NO2. The lowest BCUT2D eigenvalue weighted by atomic mass is 9.92. The summed E-state index contributed by atoms with van der Waals surface area (Å²) in [5.74, 6) is 0.0211. The van der Waals surface area contributed by atoms with Crippen LogP contribution in [0.2, 0.25) is 0 Å². The Labute approximate surface area is 108 Å². The second-order valence-corrected chi connectivity index (χ2v) is 5.07. The van der Waals surface area contributed by atoms with E-state index in [1.807, 2.05) is 12.1 Å². The molecule has 0 aliphatic carbocycles. The minimum Gasteiger partial charge on any atom is -0.478 e. The number of hydrogen-bond acceptors (Lipinski definition) is 2. The van der Waals surface area contributed by atoms with E-state index in [-0.39, 0.29) is 0 Å². The third kappa shape index (κ3) is 3.03. The fourth-order valence-corrected chi connectivity index (χ4v) is 2.70. The second-order valence-electron chi connectivity index (χ2n) is 5.07. The van der Waals surface area contributed by atoms with Crippen molar-refractivity contribution in [3.63, 3.8) is 0 Å². The van der Waals surface area contributed by atoms with Crippen LogP contribution in [0.4, 0.5) is 5.69 Å². The van der Waals surface area contributed by atoms with E-state index in [1.54, 1.807) is 12.1 Å². The van der Waals surface area contributed by atoms with E-state index in [0.717, 1.165) is 24.7 Å². The lowest BCUT2D eigenvalue weighted by molar-refractivity contribution is 0.0697. The van der Waals surface area contributed by atoms with Crippen molar-refractivity contribution in [3.05, 3.63) is 29.8 Å². The van der Waals surface area contributed by atoms with Crippen LogP contribution in [-0.4, -0.2) is 24.2 Å². The van der Waals surface area contributed by atoms with Gasteiger partial charge in [0.2, 0.25) is 0 Å². The molecule has 0 atom stereocenters. The molecule has 1 fully saturated rings. The molecule has 98 valence electrons. The van der Waals surface area contributed by atoms with Crippen molar-refractivity contribution in [3.8, 4) is 0 Å². The molecule has 1 aliphatic heterocycles. The van der Waals surface area contributed by atoms with Gasteiger partial charge in [0.15, 0.2) is 0 Å². The van der Waals surface area contributed by atoms with Gasteiger partial charge in [-0.3, -0.25) is 0 Å². The summed E-state index contributed by atoms with van der Waals surface area (Å²) in [6.45, 7) is 4.44. The minimum absolute atomic E-state index is 0.361. The van der Waals surface area contributed by atoms with Gasteiger partial charge >= 0.3 is 5.97 Å². The van der Waals surface area contributed by atoms with E-state index in [2.05, 4.69) is 11.8 Å². The molecule has 1 aliphatic rings. The molecule has 1 N–H and O–H groups in total. The molecule has 0 unspecified atom stereocenters. The maximum absolute atomic E-state index is 10.8. The Balaban J connectivity index is 1.95. The number of carboxylic acid groups (broad SMARTS) is 1. The Hall–Kier alpha value is -1.51. The van der Waals surface area contributed by atoms with Crippen molar-refractivity contribution < 1.29 is 9.90 Å². The molecule has 3 nitrogen and oxygen atoms in total. The summed E-state index contributed by atoms with van der Waals surface area (Å²) in [6.07, 6.45) is 5.13. The van der Waals surface area contributed by atoms with Gasteiger partial charge in [-0.1, -0.05) is 19.8 Å². The zero-order valence-corrected chi connectivity index (χ0v) is 10.9. The summed E-state index contributed by atoms with van der Waals surface area (Å²) in [6, 6.07) is 7.22. The van der Waals surface area contributed by atoms with Crippen LogP contribution in [0.3, 0.4) is 0 Å². The van der Waals surface area contributed by atoms with Gasteiger partial charge in [0.05, 0.1) is 5.56 Å². The highest BCUT2D eigenvalue weighted by atomic mass is 16.4. The molecule has 1 aromatic carbocycles. The zero-order valence-electron chi connectivity index (χ0n) is 10.9. The molecule has 1 aromatic rings. The molecule has 0 saturated carbocycles. The van der Waals surface area contributed by atoms with Crippen molar-refractivity contribution in [2.75, 3.05) is 18.0 Å². The van der Waals surface area contributed by atoms with Crippen LogP contribution >= 0.6 is 0 Å². The molecule has 1 saturated heterocycles. The summed E-state index contributed by atoms with van der Waals surface area (Å²) >= 11 is 0. The third-order valence-corrected chi connectivity index (χ3v) is 3.79. The number of rotatable bonds is 4. The van der Waals surface area contributed by atoms with E-state index in [9.17, 15) is 4.79 Å². The first-order valence-electron chi connectivity index (χ1n) is 6.79. The predicted molar refractivity (Wildman–Crippen MR) is 73.2 cm³/mol. The van der Waals surface area contributed by atoms with Gasteiger partial charge in [0.1, 0.15) is 0 Å². The number of aromatic carboxylic acids is 1. The second kappa shape index (κ2) is 5.89. The van der Waals surface area contributed by atoms with Crippen LogP contribution in [0.25, 0.3) is 0 Å². The fraction of sp³-hybridized carbons (Fsp3) is 0.533. The number of anilines is 1. The van der Waals surface area contributed by atoms with Crippen molar-refractivity contribution >= 4 is 11.7 Å². The smallest absolute Gasteiger partial charge is 0.335 e. The normalized spacial score (nSPS) is 16.8. The Morgan fingerprint density at radius 3 is 2.39 bits per heavy atom. The lowest BCUT2D eigenvalue weighted by Crippen LogP contribution is -2.33. The van der Waals surface area contributed by atoms with Crippen LogP contribution in [0.15, 0.2) is 24.3 Å². The highest BCUT2D eigenvalue weighted by Crippen LogP contribution is 2.26. The summed E-state index contributed by atoms with van der Waals surface area (Å²) in [5, 5.41) is 8.87. The Bertz CT molecular complexity index is 391. The number of hydrogen-bond donors (Lipinski definition) is 1. The topological polar surface area (TPSA) is 40.5 Å². The maximum atomic E-state index is 10.8. The van der Waals surface area contributed by atoms with E-state index < -0.39 is 5.97 Å². The van der Waals surface area contributed by atoms with Crippen LogP contribution < -0.4 is 4.90 Å². The molecule has 0 radical (unpaired) electrons. The summed E-state index contributed by atoms with van der Waals surface area (Å²) < 4.78 is 0. The SMILES string of the molecule is CCCC1CCN(c2ccc(C(=O)O)cc2)CC1. The van der Waals surface area contributed by atoms with E-state index in [4.69, 9.17) is 5.11 Å². The molecule has 1 heterocycles. The predicted octanol–water partition coefficient (Wildman–Crippen LogP) is 3.40. The number of piperidine rings is 1. The average molecular weight is 247 g/mol. The average Bonchev–Trinajstić information content (AvgIpc) is 2.40. The van der Waals surface area contributed by atoms with Crippen molar-refractivity contribution in [1.82, 2.24) is 0 Å². The van der Waals surface area contributed by atoms with E-state index in [0.29, 0.717) is 5.56 Å². The summed E-state index contributed by atoms with van der Waals surface area (Å²) in [7, 11) is 0. The Morgan fingerprint density at radius 2 is 1.89 bits per heavy atom. The monoisotopic (exact) mass is 247 g/mol. The highest BCUT2D eigenvalue weighted by molar-refractivity contribution is 5.88. The molecular weight excluding hydrogens is 226 g/mol. The van der Waals surface area contributed by atoms with Crippen LogP contribution in [0, 0.1) is 5.92 Å². The van der Waals surface area contributed by atoms with Gasteiger partial charge in [0.25, 0.3) is 0 Å². The van der Waals surface area contributed by atoms with Gasteiger partial charge in [0, 0.05) is 18.8 Å². The molecule has 2 rings (SSSR count). The van der Waals surface area contributed by atoms with Gasteiger partial charge < -0.3 is 10.0 Å². The maximum Gasteiger partial charge on any atom is 0.335 e. The van der Waals surface area contributed by atoms with Crippen molar-refractivity contribution in [2.45, 2.75) is 32.6 Å². The Kier molecular flexibility index (Phi) is 4.24. The molecule has 0 spiro atoms.